The molecular formula is C15H20ClNO2. The molecule has 1 amide bonds. The molecule has 0 aromatic heterocycles. The van der Waals surface area contributed by atoms with Gasteiger partial charge in [0.05, 0.1) is 12.1 Å². The molecule has 2 unspecified atom stereocenters. The van der Waals surface area contributed by atoms with E-state index in [0.717, 1.165) is 36.1 Å². The number of nitrogens with zero attached hydrogens (tertiary/aromatic N) is 1. The number of aryl methyl sites for hydroxylation is 2. The molecule has 1 saturated carbocycles. The zero-order valence-corrected chi connectivity index (χ0v) is 12.2. The maximum absolute atomic E-state index is 12.2. The van der Waals surface area contributed by atoms with Crippen LogP contribution in [-0.4, -0.2) is 29.0 Å². The van der Waals surface area contributed by atoms with Gasteiger partial charge in [-0.15, -0.1) is 11.6 Å². The molecule has 0 radical (unpaired) electrons. The Morgan fingerprint density at radius 2 is 2.00 bits per heavy atom. The fraction of sp³-hybridized carbons (Fsp3) is 0.533. The van der Waals surface area contributed by atoms with Crippen LogP contribution in [0.4, 0.5) is 5.69 Å². The van der Waals surface area contributed by atoms with Crippen LogP contribution < -0.4 is 4.90 Å². The number of para-hydroxylation sites is 1. The molecule has 3 nitrogen and oxygen atoms in total. The standard InChI is InChI=1S/C15H20ClNO2/c1-10-5-3-6-11(2)15(10)17(14(19)9-16)12-7-4-8-13(12)18/h3,5-6,12-13,18H,4,7-9H2,1-2H3. The topological polar surface area (TPSA) is 40.5 Å². The Hall–Kier alpha value is -1.06. The number of hydrogen-bond donors (Lipinski definition) is 1. The first-order chi connectivity index (χ1) is 9.06. The summed E-state index contributed by atoms with van der Waals surface area (Å²) in [5, 5.41) is 10.1. The van der Waals surface area contributed by atoms with Crippen molar-refractivity contribution in [1.82, 2.24) is 0 Å². The highest BCUT2D eigenvalue weighted by atomic mass is 35.5. The first-order valence-electron chi connectivity index (χ1n) is 6.68. The van der Waals surface area contributed by atoms with E-state index in [-0.39, 0.29) is 17.8 Å². The first kappa shape index (κ1) is 14.4. The van der Waals surface area contributed by atoms with Crippen LogP contribution in [0.5, 0.6) is 0 Å². The van der Waals surface area contributed by atoms with Gasteiger partial charge in [-0.05, 0) is 44.2 Å². The largest absolute Gasteiger partial charge is 0.391 e. The average molecular weight is 282 g/mol. The van der Waals surface area contributed by atoms with Gasteiger partial charge in [0, 0.05) is 5.69 Å². The van der Waals surface area contributed by atoms with Crippen molar-refractivity contribution in [3.8, 4) is 0 Å². The van der Waals surface area contributed by atoms with Crippen LogP contribution in [0.15, 0.2) is 18.2 Å². The van der Waals surface area contributed by atoms with E-state index in [9.17, 15) is 9.90 Å². The van der Waals surface area contributed by atoms with Crippen LogP contribution in [0, 0.1) is 13.8 Å². The summed E-state index contributed by atoms with van der Waals surface area (Å²) in [6.45, 7) is 3.97. The van der Waals surface area contributed by atoms with E-state index < -0.39 is 6.10 Å². The highest BCUT2D eigenvalue weighted by Gasteiger charge is 2.35. The van der Waals surface area contributed by atoms with Gasteiger partial charge in [-0.1, -0.05) is 18.2 Å². The van der Waals surface area contributed by atoms with Crippen molar-refractivity contribution in [3.63, 3.8) is 0 Å². The second kappa shape index (κ2) is 5.93. The van der Waals surface area contributed by atoms with E-state index in [1.54, 1.807) is 4.90 Å². The molecule has 0 spiro atoms. The van der Waals surface area contributed by atoms with E-state index in [1.807, 2.05) is 32.0 Å². The van der Waals surface area contributed by atoms with Gasteiger partial charge < -0.3 is 10.0 Å². The number of halogens is 1. The molecule has 0 heterocycles. The number of alkyl halides is 1. The summed E-state index contributed by atoms with van der Waals surface area (Å²) in [5.41, 5.74) is 2.98. The van der Waals surface area contributed by atoms with Crippen LogP contribution in [0.1, 0.15) is 30.4 Å². The third kappa shape index (κ3) is 2.77. The Morgan fingerprint density at radius 3 is 2.47 bits per heavy atom. The van der Waals surface area contributed by atoms with E-state index in [1.165, 1.54) is 0 Å². The fourth-order valence-electron chi connectivity index (χ4n) is 2.95. The van der Waals surface area contributed by atoms with Crippen LogP contribution in [0.2, 0.25) is 0 Å². The van der Waals surface area contributed by atoms with E-state index in [4.69, 9.17) is 11.6 Å². The molecule has 1 aromatic rings. The summed E-state index contributed by atoms with van der Waals surface area (Å²) in [6.07, 6.45) is 2.08. The smallest absolute Gasteiger partial charge is 0.242 e. The molecular weight excluding hydrogens is 262 g/mol. The molecule has 2 rings (SSSR count). The maximum Gasteiger partial charge on any atom is 0.242 e. The summed E-state index contributed by atoms with van der Waals surface area (Å²) < 4.78 is 0. The molecule has 0 aliphatic heterocycles. The maximum atomic E-state index is 12.2. The highest BCUT2D eigenvalue weighted by Crippen LogP contribution is 2.33. The van der Waals surface area contributed by atoms with E-state index in [0.29, 0.717) is 0 Å². The van der Waals surface area contributed by atoms with Crippen LogP contribution >= 0.6 is 11.6 Å². The van der Waals surface area contributed by atoms with Crippen molar-refractivity contribution >= 4 is 23.2 Å². The highest BCUT2D eigenvalue weighted by molar-refractivity contribution is 6.29. The molecule has 4 heteroatoms. The molecule has 1 aliphatic carbocycles. The van der Waals surface area contributed by atoms with Crippen molar-refractivity contribution in [2.45, 2.75) is 45.3 Å². The number of aliphatic hydroxyl groups is 1. The predicted octanol–water partition coefficient (Wildman–Crippen LogP) is 2.79. The minimum absolute atomic E-state index is 0.0585. The number of anilines is 1. The lowest BCUT2D eigenvalue weighted by Gasteiger charge is -2.33. The number of rotatable bonds is 3. The SMILES string of the molecule is Cc1cccc(C)c1N(C(=O)CCl)C1CCCC1O. The van der Waals surface area contributed by atoms with Crippen LogP contribution in [-0.2, 0) is 4.79 Å². The van der Waals surface area contributed by atoms with Gasteiger partial charge in [0.15, 0.2) is 0 Å². The summed E-state index contributed by atoms with van der Waals surface area (Å²) in [4.78, 5) is 13.9. The Morgan fingerprint density at radius 1 is 1.37 bits per heavy atom. The number of benzene rings is 1. The van der Waals surface area contributed by atoms with Gasteiger partial charge in [0.2, 0.25) is 5.91 Å². The first-order valence-corrected chi connectivity index (χ1v) is 7.22. The molecule has 19 heavy (non-hydrogen) atoms. The van der Waals surface area contributed by atoms with Crippen molar-refractivity contribution in [3.05, 3.63) is 29.3 Å². The molecule has 1 aromatic carbocycles. The lowest BCUT2D eigenvalue weighted by Crippen LogP contribution is -2.46. The minimum Gasteiger partial charge on any atom is -0.391 e. The summed E-state index contributed by atoms with van der Waals surface area (Å²) >= 11 is 5.75. The second-order valence-corrected chi connectivity index (χ2v) is 5.47. The van der Waals surface area contributed by atoms with Gasteiger partial charge in [0.25, 0.3) is 0 Å². The Balaban J connectivity index is 2.46. The number of hydrogen-bond acceptors (Lipinski definition) is 2. The normalized spacial score (nSPS) is 22.5. The Bertz CT molecular complexity index is 455. The number of aliphatic hydroxyl groups excluding tert-OH is 1. The lowest BCUT2D eigenvalue weighted by atomic mass is 10.0. The third-order valence-corrected chi connectivity index (χ3v) is 4.07. The zero-order valence-electron chi connectivity index (χ0n) is 11.4. The summed E-state index contributed by atoms with van der Waals surface area (Å²) in [7, 11) is 0. The fourth-order valence-corrected chi connectivity index (χ4v) is 3.08. The van der Waals surface area contributed by atoms with Crippen molar-refractivity contribution in [1.29, 1.82) is 0 Å². The summed E-state index contributed by atoms with van der Waals surface area (Å²) in [6, 6.07) is 5.80. The quantitative estimate of drug-likeness (QED) is 0.866. The second-order valence-electron chi connectivity index (χ2n) is 5.20. The van der Waals surface area contributed by atoms with Gasteiger partial charge >= 0.3 is 0 Å². The van der Waals surface area contributed by atoms with Gasteiger partial charge in [0.1, 0.15) is 5.88 Å². The van der Waals surface area contributed by atoms with E-state index in [2.05, 4.69) is 0 Å². The molecule has 0 bridgehead atoms. The zero-order chi connectivity index (χ0) is 14.0. The van der Waals surface area contributed by atoms with Crippen LogP contribution in [0.25, 0.3) is 0 Å². The average Bonchev–Trinajstić information content (AvgIpc) is 2.79. The molecule has 0 saturated heterocycles. The van der Waals surface area contributed by atoms with Gasteiger partial charge in [-0.3, -0.25) is 4.79 Å². The van der Waals surface area contributed by atoms with Gasteiger partial charge in [-0.2, -0.15) is 0 Å². The molecule has 1 N–H and O–H groups in total. The Labute approximate surface area is 119 Å². The minimum atomic E-state index is -0.453. The predicted molar refractivity (Wildman–Crippen MR) is 77.8 cm³/mol. The summed E-state index contributed by atoms with van der Waals surface area (Å²) in [5.74, 6) is -0.193. The molecule has 1 fully saturated rings. The van der Waals surface area contributed by atoms with Crippen molar-refractivity contribution in [2.24, 2.45) is 0 Å². The number of carbonyl (C=O) groups excluding carboxylic acids is 1. The third-order valence-electron chi connectivity index (χ3n) is 3.84. The number of carbonyl (C=O) groups is 1. The van der Waals surface area contributed by atoms with Crippen molar-refractivity contribution in [2.75, 3.05) is 10.8 Å². The van der Waals surface area contributed by atoms with Crippen molar-refractivity contribution < 1.29 is 9.90 Å². The van der Waals surface area contributed by atoms with Crippen LogP contribution in [0.3, 0.4) is 0 Å². The number of amides is 1. The van der Waals surface area contributed by atoms with Gasteiger partial charge in [-0.25, -0.2) is 0 Å². The van der Waals surface area contributed by atoms with E-state index >= 15 is 0 Å². The lowest BCUT2D eigenvalue weighted by molar-refractivity contribution is -0.117. The monoisotopic (exact) mass is 281 g/mol. The molecule has 104 valence electrons. The Kier molecular flexibility index (Phi) is 4.48. The molecule has 2 atom stereocenters. The molecule has 1 aliphatic rings.